The first kappa shape index (κ1) is 19.4. The van der Waals surface area contributed by atoms with E-state index in [1.54, 1.807) is 11.3 Å². The van der Waals surface area contributed by atoms with E-state index in [4.69, 9.17) is 4.74 Å². The van der Waals surface area contributed by atoms with Crippen molar-refractivity contribution in [3.63, 3.8) is 0 Å². The van der Waals surface area contributed by atoms with Crippen molar-refractivity contribution in [2.75, 3.05) is 39.4 Å². The van der Waals surface area contributed by atoms with Crippen LogP contribution in [-0.2, 0) is 16.0 Å². The quantitative estimate of drug-likeness (QED) is 0.740. The van der Waals surface area contributed by atoms with Gasteiger partial charge in [0, 0.05) is 50.3 Å². The van der Waals surface area contributed by atoms with Crippen molar-refractivity contribution in [2.24, 2.45) is 5.92 Å². The molecule has 1 spiro atoms. The molecule has 0 bridgehead atoms. The second-order valence-corrected chi connectivity index (χ2v) is 10.2. The fraction of sp³-hybridized carbons (Fsp3) is 0.727. The molecule has 158 valence electrons. The molecule has 6 nitrogen and oxygen atoms in total. The number of rotatable bonds is 5. The third-order valence-corrected chi connectivity index (χ3v) is 8.04. The van der Waals surface area contributed by atoms with Gasteiger partial charge in [0.05, 0.1) is 12.0 Å². The largest absolute Gasteiger partial charge is 0.381 e. The normalized spacial score (nSPS) is 25.2. The molecule has 0 atom stereocenters. The predicted octanol–water partition coefficient (Wildman–Crippen LogP) is 2.98. The first-order valence-electron chi connectivity index (χ1n) is 11.1. The maximum Gasteiger partial charge on any atom is 0.320 e. The minimum atomic E-state index is -0.0575. The van der Waals surface area contributed by atoms with Gasteiger partial charge in [-0.3, -0.25) is 4.79 Å². The second-order valence-electron chi connectivity index (χ2n) is 9.18. The number of likely N-dealkylation sites (tertiary alicyclic amines) is 1. The molecule has 1 saturated carbocycles. The molecule has 29 heavy (non-hydrogen) atoms. The van der Waals surface area contributed by atoms with Crippen LogP contribution >= 0.6 is 11.3 Å². The molecule has 3 saturated heterocycles. The number of nitrogens with zero attached hydrogens (tertiary/aromatic N) is 3. The van der Waals surface area contributed by atoms with Crippen LogP contribution in [0.5, 0.6) is 0 Å². The van der Waals surface area contributed by atoms with Crippen LogP contribution in [0.3, 0.4) is 0 Å². The van der Waals surface area contributed by atoms with Gasteiger partial charge >= 0.3 is 6.03 Å². The zero-order valence-electron chi connectivity index (χ0n) is 17.1. The average Bonchev–Trinajstić information content (AvgIpc) is 3.33. The lowest BCUT2D eigenvalue weighted by Gasteiger charge is -2.46. The van der Waals surface area contributed by atoms with Crippen molar-refractivity contribution >= 4 is 23.3 Å². The van der Waals surface area contributed by atoms with Gasteiger partial charge in [-0.25, -0.2) is 4.79 Å². The molecule has 3 aliphatic heterocycles. The highest BCUT2D eigenvalue weighted by molar-refractivity contribution is 7.10. The van der Waals surface area contributed by atoms with Gasteiger partial charge in [0.25, 0.3) is 0 Å². The van der Waals surface area contributed by atoms with E-state index in [1.165, 1.54) is 12.8 Å². The highest BCUT2D eigenvalue weighted by Crippen LogP contribution is 2.41. The second kappa shape index (κ2) is 7.91. The number of piperidine rings is 1. The number of urea groups is 1. The van der Waals surface area contributed by atoms with Crippen LogP contribution in [0.1, 0.15) is 43.4 Å². The Bertz CT molecular complexity index is 734. The molecule has 1 aliphatic carbocycles. The first-order chi connectivity index (χ1) is 14.1. The van der Waals surface area contributed by atoms with Crippen molar-refractivity contribution in [1.82, 2.24) is 14.7 Å². The van der Waals surface area contributed by atoms with E-state index in [2.05, 4.69) is 9.80 Å². The topological polar surface area (TPSA) is 53.1 Å². The van der Waals surface area contributed by atoms with Gasteiger partial charge in [-0.05, 0) is 55.9 Å². The summed E-state index contributed by atoms with van der Waals surface area (Å²) < 4.78 is 5.65. The number of hydrogen-bond acceptors (Lipinski definition) is 4. The Morgan fingerprint density at radius 2 is 1.93 bits per heavy atom. The van der Waals surface area contributed by atoms with Crippen LogP contribution in [0.15, 0.2) is 17.5 Å². The number of carbonyl (C=O) groups excluding carboxylic acids is 2. The fourth-order valence-electron chi connectivity index (χ4n) is 5.35. The number of hydrogen-bond donors (Lipinski definition) is 0. The standard InChI is InChI=1S/C22H31N3O3S/c26-20(14-19-2-1-13-29-19)23-9-5-18(6-10-23)25-21(27)24(15-17-3-4-17)16-22(25)7-11-28-12-8-22/h1-2,13,17-18H,3-12,14-16H2. The summed E-state index contributed by atoms with van der Waals surface area (Å²) in [6.07, 6.45) is 6.70. The van der Waals surface area contributed by atoms with Crippen LogP contribution in [0, 0.1) is 5.92 Å². The molecule has 4 heterocycles. The average molecular weight is 418 g/mol. The third-order valence-electron chi connectivity index (χ3n) is 7.16. The molecule has 4 fully saturated rings. The molecule has 0 unspecified atom stereocenters. The minimum absolute atomic E-state index is 0.0575. The summed E-state index contributed by atoms with van der Waals surface area (Å²) in [6.45, 7) is 4.80. The smallest absolute Gasteiger partial charge is 0.320 e. The minimum Gasteiger partial charge on any atom is -0.381 e. The predicted molar refractivity (Wildman–Crippen MR) is 112 cm³/mol. The highest BCUT2D eigenvalue weighted by Gasteiger charge is 2.53. The van der Waals surface area contributed by atoms with Crippen molar-refractivity contribution in [1.29, 1.82) is 0 Å². The van der Waals surface area contributed by atoms with Gasteiger partial charge in [-0.15, -0.1) is 11.3 Å². The Kier molecular flexibility index (Phi) is 5.28. The van der Waals surface area contributed by atoms with Crippen LogP contribution in [0.4, 0.5) is 4.79 Å². The number of amides is 3. The molecule has 1 aromatic rings. The Balaban J connectivity index is 1.25. The molecule has 4 aliphatic rings. The zero-order valence-corrected chi connectivity index (χ0v) is 17.9. The number of carbonyl (C=O) groups is 2. The summed E-state index contributed by atoms with van der Waals surface area (Å²) in [5.74, 6) is 0.933. The molecule has 0 radical (unpaired) electrons. The van der Waals surface area contributed by atoms with Gasteiger partial charge in [0.2, 0.25) is 5.91 Å². The van der Waals surface area contributed by atoms with Gasteiger partial charge < -0.3 is 19.4 Å². The third kappa shape index (κ3) is 3.91. The van der Waals surface area contributed by atoms with Gasteiger partial charge in [0.15, 0.2) is 0 Å². The molecule has 5 rings (SSSR count). The summed E-state index contributed by atoms with van der Waals surface area (Å²) in [5.41, 5.74) is -0.0575. The van der Waals surface area contributed by atoms with Crippen molar-refractivity contribution in [3.05, 3.63) is 22.4 Å². The summed E-state index contributed by atoms with van der Waals surface area (Å²) in [5, 5.41) is 2.02. The summed E-state index contributed by atoms with van der Waals surface area (Å²) in [4.78, 5) is 33.5. The van der Waals surface area contributed by atoms with E-state index >= 15 is 0 Å². The van der Waals surface area contributed by atoms with E-state index in [1.807, 2.05) is 22.4 Å². The number of ether oxygens (including phenoxy) is 1. The lowest BCUT2D eigenvalue weighted by Crippen LogP contribution is -2.57. The maximum absolute atomic E-state index is 13.4. The Labute approximate surface area is 176 Å². The van der Waals surface area contributed by atoms with E-state index in [9.17, 15) is 9.59 Å². The van der Waals surface area contributed by atoms with Crippen LogP contribution in [0.25, 0.3) is 0 Å². The molecular weight excluding hydrogens is 386 g/mol. The van der Waals surface area contributed by atoms with Gasteiger partial charge in [-0.2, -0.15) is 0 Å². The molecule has 1 aromatic heterocycles. The zero-order chi connectivity index (χ0) is 19.8. The van der Waals surface area contributed by atoms with Crippen LogP contribution in [-0.4, -0.2) is 77.6 Å². The van der Waals surface area contributed by atoms with Crippen molar-refractivity contribution in [3.8, 4) is 0 Å². The van der Waals surface area contributed by atoms with Crippen LogP contribution < -0.4 is 0 Å². The first-order valence-corrected chi connectivity index (χ1v) is 12.0. The van der Waals surface area contributed by atoms with E-state index < -0.39 is 0 Å². The van der Waals surface area contributed by atoms with E-state index in [0.717, 1.165) is 70.0 Å². The van der Waals surface area contributed by atoms with E-state index in [0.29, 0.717) is 12.3 Å². The lowest BCUT2D eigenvalue weighted by molar-refractivity contribution is -0.132. The summed E-state index contributed by atoms with van der Waals surface area (Å²) in [6, 6.07) is 4.51. The fourth-order valence-corrected chi connectivity index (χ4v) is 6.05. The lowest BCUT2D eigenvalue weighted by atomic mass is 9.86. The Morgan fingerprint density at radius 1 is 1.17 bits per heavy atom. The SMILES string of the molecule is O=C(Cc1cccs1)N1CCC(N2C(=O)N(CC3CC3)CC23CCOCC3)CC1. The molecular formula is C22H31N3O3S. The molecule has 3 amide bonds. The van der Waals surface area contributed by atoms with Crippen LogP contribution in [0.2, 0.25) is 0 Å². The van der Waals surface area contributed by atoms with Gasteiger partial charge in [-0.1, -0.05) is 6.07 Å². The molecule has 7 heteroatoms. The molecule has 0 N–H and O–H groups in total. The summed E-state index contributed by atoms with van der Waals surface area (Å²) >= 11 is 1.64. The van der Waals surface area contributed by atoms with E-state index in [-0.39, 0.29) is 23.5 Å². The monoisotopic (exact) mass is 417 g/mol. The van der Waals surface area contributed by atoms with Crippen molar-refractivity contribution in [2.45, 2.75) is 56.5 Å². The van der Waals surface area contributed by atoms with Gasteiger partial charge in [0.1, 0.15) is 0 Å². The Morgan fingerprint density at radius 3 is 2.59 bits per heavy atom. The maximum atomic E-state index is 13.4. The summed E-state index contributed by atoms with van der Waals surface area (Å²) in [7, 11) is 0. The molecule has 0 aromatic carbocycles. The highest BCUT2D eigenvalue weighted by atomic mass is 32.1. The number of thiophene rings is 1. The van der Waals surface area contributed by atoms with Crippen molar-refractivity contribution < 1.29 is 14.3 Å². The Hall–Kier alpha value is -1.60.